The van der Waals surface area contributed by atoms with E-state index in [-0.39, 0.29) is 16.9 Å². The monoisotopic (exact) mass is 357 g/mol. The first kappa shape index (κ1) is 18.4. The van der Waals surface area contributed by atoms with Crippen molar-refractivity contribution in [1.82, 2.24) is 10.7 Å². The Morgan fingerprint density at radius 1 is 1.23 bits per heavy atom. The van der Waals surface area contributed by atoms with Gasteiger partial charge >= 0.3 is 0 Å². The third-order valence-corrected chi connectivity index (χ3v) is 3.14. The number of nitro benzene ring substituents is 1. The number of rotatable bonds is 6. The van der Waals surface area contributed by atoms with E-state index in [9.17, 15) is 29.9 Å². The summed E-state index contributed by atoms with van der Waals surface area (Å²) in [6.07, 6.45) is 1.12. The molecule has 2 amide bonds. The number of para-hydroxylation sites is 1. The van der Waals surface area contributed by atoms with Crippen molar-refractivity contribution in [3.05, 3.63) is 63.7 Å². The molecule has 0 atom stereocenters. The molecule has 2 aromatic rings. The number of nitro groups is 1. The lowest BCUT2D eigenvalue weighted by atomic mass is 10.2. The third kappa shape index (κ3) is 4.77. The Balaban J connectivity index is 1.88. The second kappa shape index (κ2) is 8.24. The summed E-state index contributed by atoms with van der Waals surface area (Å²) in [5.41, 5.74) is 1.79. The van der Waals surface area contributed by atoms with Crippen LogP contribution in [-0.4, -0.2) is 34.6 Å². The molecular formula is C16H13N4O6-. The number of hydrogen-bond donors (Lipinski definition) is 3. The van der Waals surface area contributed by atoms with Gasteiger partial charge in [0.05, 0.1) is 23.2 Å². The van der Waals surface area contributed by atoms with Gasteiger partial charge in [-0.25, -0.2) is 5.43 Å². The predicted octanol–water partition coefficient (Wildman–Crippen LogP) is 0.254. The average molecular weight is 357 g/mol. The Hall–Kier alpha value is -3.95. The van der Waals surface area contributed by atoms with Crippen molar-refractivity contribution < 1.29 is 24.7 Å². The van der Waals surface area contributed by atoms with E-state index in [1.54, 1.807) is 12.1 Å². The van der Waals surface area contributed by atoms with E-state index in [4.69, 9.17) is 0 Å². The van der Waals surface area contributed by atoms with E-state index >= 15 is 0 Å². The van der Waals surface area contributed by atoms with Crippen molar-refractivity contribution in [1.29, 1.82) is 0 Å². The fraction of sp³-hybridized carbons (Fsp3) is 0.0625. The molecule has 10 heteroatoms. The van der Waals surface area contributed by atoms with Gasteiger partial charge in [0.25, 0.3) is 17.5 Å². The summed E-state index contributed by atoms with van der Waals surface area (Å²) in [7, 11) is 0. The summed E-state index contributed by atoms with van der Waals surface area (Å²) in [6.45, 7) is -0.399. The number of nitrogens with zero attached hydrogens (tertiary/aromatic N) is 2. The fourth-order valence-corrected chi connectivity index (χ4v) is 1.90. The third-order valence-electron chi connectivity index (χ3n) is 3.14. The van der Waals surface area contributed by atoms with Gasteiger partial charge in [0, 0.05) is 11.6 Å². The van der Waals surface area contributed by atoms with Gasteiger partial charge in [-0.3, -0.25) is 19.7 Å². The zero-order chi connectivity index (χ0) is 19.1. The molecule has 2 aromatic carbocycles. The highest BCUT2D eigenvalue weighted by molar-refractivity contribution is 5.98. The van der Waals surface area contributed by atoms with Gasteiger partial charge in [-0.05, 0) is 17.9 Å². The first-order valence-corrected chi connectivity index (χ1v) is 7.22. The summed E-state index contributed by atoms with van der Waals surface area (Å²) in [5, 5.41) is 37.4. The summed E-state index contributed by atoms with van der Waals surface area (Å²) in [4.78, 5) is 33.3. The Bertz CT molecular complexity index is 881. The molecule has 0 bridgehead atoms. The van der Waals surface area contributed by atoms with Gasteiger partial charge in [0.2, 0.25) is 0 Å². The zero-order valence-electron chi connectivity index (χ0n) is 13.2. The standard InChI is InChI=1S/C16H14N4O6/c21-13-4-2-1-3-11(13)16(24)17-9-15(23)19-18-8-10-5-6-14(22)12(7-10)20(25)26/h1-8,21-22H,9H2,(H,17,24)(H,19,23)/p-1/b18-8-. The van der Waals surface area contributed by atoms with E-state index in [1.165, 1.54) is 18.2 Å². The number of nitrogens with one attached hydrogen (secondary N) is 2. The molecular weight excluding hydrogens is 344 g/mol. The van der Waals surface area contributed by atoms with Crippen molar-refractivity contribution >= 4 is 23.7 Å². The second-order valence-electron chi connectivity index (χ2n) is 4.98. The molecule has 0 aliphatic carbocycles. The summed E-state index contributed by atoms with van der Waals surface area (Å²) in [5.74, 6) is -2.24. The smallest absolute Gasteiger partial charge is 0.262 e. The molecule has 0 spiro atoms. The van der Waals surface area contributed by atoms with Crippen LogP contribution in [-0.2, 0) is 4.79 Å². The minimum Gasteiger partial charge on any atom is -0.868 e. The lowest BCUT2D eigenvalue weighted by Crippen LogP contribution is -2.34. The molecule has 0 fully saturated rings. The highest BCUT2D eigenvalue weighted by Crippen LogP contribution is 2.22. The SMILES string of the molecule is O=C(CNC(=O)c1ccccc1O)N/N=C\c1ccc([O-])c([N+](=O)[O-])c1. The highest BCUT2D eigenvalue weighted by Gasteiger charge is 2.11. The lowest BCUT2D eigenvalue weighted by Gasteiger charge is -2.06. The fourth-order valence-electron chi connectivity index (χ4n) is 1.90. The number of phenolic OH excluding ortho intramolecular Hbond substituents is 1. The molecule has 0 unspecified atom stereocenters. The highest BCUT2D eigenvalue weighted by atomic mass is 16.6. The van der Waals surface area contributed by atoms with E-state index in [0.717, 1.165) is 18.3 Å². The molecule has 2 rings (SSSR count). The minimum atomic E-state index is -0.813. The minimum absolute atomic E-state index is 0.0220. The number of amides is 2. The number of phenols is 1. The first-order chi connectivity index (χ1) is 12.4. The normalized spacial score (nSPS) is 10.5. The Kier molecular flexibility index (Phi) is 5.83. The number of carbonyl (C=O) groups is 2. The van der Waals surface area contributed by atoms with Gasteiger partial charge in [0.1, 0.15) is 5.75 Å². The van der Waals surface area contributed by atoms with E-state index in [2.05, 4.69) is 15.8 Å². The van der Waals surface area contributed by atoms with Gasteiger partial charge in [0.15, 0.2) is 0 Å². The van der Waals surface area contributed by atoms with Crippen LogP contribution in [0.1, 0.15) is 15.9 Å². The van der Waals surface area contributed by atoms with Crippen LogP contribution in [0.4, 0.5) is 5.69 Å². The van der Waals surface area contributed by atoms with E-state index < -0.39 is 34.7 Å². The Morgan fingerprint density at radius 2 is 1.96 bits per heavy atom. The molecule has 0 radical (unpaired) electrons. The van der Waals surface area contributed by atoms with Crippen molar-refractivity contribution in [2.24, 2.45) is 5.10 Å². The predicted molar refractivity (Wildman–Crippen MR) is 88.7 cm³/mol. The van der Waals surface area contributed by atoms with Crippen LogP contribution in [0.15, 0.2) is 47.6 Å². The summed E-state index contributed by atoms with van der Waals surface area (Å²) < 4.78 is 0. The van der Waals surface area contributed by atoms with E-state index in [0.29, 0.717) is 0 Å². The first-order valence-electron chi connectivity index (χ1n) is 7.22. The Morgan fingerprint density at radius 3 is 2.65 bits per heavy atom. The van der Waals surface area contributed by atoms with Crippen LogP contribution in [0.2, 0.25) is 0 Å². The molecule has 0 aliphatic rings. The van der Waals surface area contributed by atoms with E-state index in [1.807, 2.05) is 0 Å². The Labute approximate surface area is 146 Å². The maximum atomic E-state index is 11.8. The summed E-state index contributed by atoms with van der Waals surface area (Å²) in [6, 6.07) is 9.21. The largest absolute Gasteiger partial charge is 0.868 e. The molecule has 0 aliphatic heterocycles. The lowest BCUT2D eigenvalue weighted by molar-refractivity contribution is -0.398. The van der Waals surface area contributed by atoms with Crippen LogP contribution in [0, 0.1) is 10.1 Å². The van der Waals surface area contributed by atoms with Crippen LogP contribution < -0.4 is 15.8 Å². The molecule has 0 saturated heterocycles. The van der Waals surface area contributed by atoms with Gasteiger partial charge < -0.3 is 15.5 Å². The van der Waals surface area contributed by atoms with Crippen molar-refractivity contribution in [2.75, 3.05) is 6.54 Å². The molecule has 0 aromatic heterocycles. The van der Waals surface area contributed by atoms with Gasteiger partial charge in [-0.2, -0.15) is 5.10 Å². The molecule has 3 N–H and O–H groups in total. The zero-order valence-corrected chi connectivity index (χ0v) is 13.2. The second-order valence-corrected chi connectivity index (χ2v) is 4.98. The van der Waals surface area contributed by atoms with Gasteiger partial charge in [-0.1, -0.05) is 24.3 Å². The maximum Gasteiger partial charge on any atom is 0.262 e. The van der Waals surface area contributed by atoms with Crippen molar-refractivity contribution in [3.63, 3.8) is 0 Å². The molecule has 0 saturated carbocycles. The van der Waals surface area contributed by atoms with Gasteiger partial charge in [-0.15, -0.1) is 0 Å². The topological polar surface area (TPSA) is 157 Å². The number of hydrogen-bond acceptors (Lipinski definition) is 7. The quantitative estimate of drug-likeness (QED) is 0.382. The van der Waals surface area contributed by atoms with Crippen molar-refractivity contribution in [2.45, 2.75) is 0 Å². The molecule has 0 heterocycles. The molecule has 10 nitrogen and oxygen atoms in total. The number of hydrazone groups is 1. The molecule has 26 heavy (non-hydrogen) atoms. The van der Waals surface area contributed by atoms with Crippen LogP contribution in [0.25, 0.3) is 0 Å². The van der Waals surface area contributed by atoms with Crippen LogP contribution >= 0.6 is 0 Å². The number of aromatic hydroxyl groups is 1. The number of carbonyl (C=O) groups excluding carboxylic acids is 2. The molecule has 134 valence electrons. The van der Waals surface area contributed by atoms with Crippen molar-refractivity contribution in [3.8, 4) is 11.5 Å². The number of benzene rings is 2. The maximum absolute atomic E-state index is 11.8. The van der Waals surface area contributed by atoms with Crippen LogP contribution in [0.3, 0.4) is 0 Å². The summed E-state index contributed by atoms with van der Waals surface area (Å²) >= 11 is 0. The van der Waals surface area contributed by atoms with Crippen LogP contribution in [0.5, 0.6) is 11.5 Å². The average Bonchev–Trinajstić information content (AvgIpc) is 2.61.